The summed E-state index contributed by atoms with van der Waals surface area (Å²) in [5.41, 5.74) is 0.736. The molecule has 1 aliphatic carbocycles. The van der Waals surface area contributed by atoms with Gasteiger partial charge in [-0.2, -0.15) is 0 Å². The van der Waals surface area contributed by atoms with Crippen LogP contribution in [0.25, 0.3) is 0 Å². The number of esters is 2. The molecule has 1 aliphatic rings. The molecular formula is C24H25ClO6S. The fourth-order valence-electron chi connectivity index (χ4n) is 3.60. The van der Waals surface area contributed by atoms with Crippen molar-refractivity contribution in [3.63, 3.8) is 0 Å². The Balaban J connectivity index is 1.52. The van der Waals surface area contributed by atoms with Crippen LogP contribution in [0.15, 0.2) is 42.5 Å². The van der Waals surface area contributed by atoms with Crippen molar-refractivity contribution in [2.75, 3.05) is 13.7 Å². The van der Waals surface area contributed by atoms with Crippen LogP contribution in [0.2, 0.25) is 5.02 Å². The van der Waals surface area contributed by atoms with Crippen LogP contribution in [0.4, 0.5) is 0 Å². The molecule has 1 aromatic carbocycles. The zero-order valence-corrected chi connectivity index (χ0v) is 19.5. The molecule has 0 saturated carbocycles. The number of benzene rings is 1. The van der Waals surface area contributed by atoms with E-state index in [-0.39, 0.29) is 36.2 Å². The molecule has 0 aliphatic heterocycles. The summed E-state index contributed by atoms with van der Waals surface area (Å²) in [4.78, 5) is 36.6. The van der Waals surface area contributed by atoms with E-state index in [9.17, 15) is 14.4 Å². The van der Waals surface area contributed by atoms with Crippen LogP contribution < -0.4 is 4.74 Å². The summed E-state index contributed by atoms with van der Waals surface area (Å²) in [6, 6.07) is 8.89. The average Bonchev–Trinajstić information content (AvgIpc) is 3.37. The Morgan fingerprint density at radius 3 is 2.75 bits per heavy atom. The molecule has 0 radical (unpaired) electrons. The van der Waals surface area contributed by atoms with E-state index in [2.05, 4.69) is 0 Å². The zero-order chi connectivity index (χ0) is 23.1. The topological polar surface area (TPSA) is 78.9 Å². The molecule has 32 heavy (non-hydrogen) atoms. The van der Waals surface area contributed by atoms with Gasteiger partial charge in [-0.05, 0) is 61.2 Å². The first kappa shape index (κ1) is 24.0. The van der Waals surface area contributed by atoms with Crippen LogP contribution in [0.1, 0.15) is 39.9 Å². The number of ketones is 1. The number of aryl methyl sites for hydroxylation is 1. The lowest BCUT2D eigenvalue weighted by Gasteiger charge is -2.19. The Bertz CT molecular complexity index is 1010. The molecule has 0 N–H and O–H groups in total. The molecule has 3 rings (SSSR count). The second kappa shape index (κ2) is 11.3. The highest BCUT2D eigenvalue weighted by Crippen LogP contribution is 2.30. The predicted molar refractivity (Wildman–Crippen MR) is 122 cm³/mol. The van der Waals surface area contributed by atoms with Gasteiger partial charge in [-0.25, -0.2) is 4.79 Å². The van der Waals surface area contributed by atoms with Crippen molar-refractivity contribution in [3.8, 4) is 5.75 Å². The zero-order valence-electron chi connectivity index (χ0n) is 18.0. The van der Waals surface area contributed by atoms with Gasteiger partial charge < -0.3 is 14.2 Å². The van der Waals surface area contributed by atoms with Gasteiger partial charge in [-0.1, -0.05) is 17.7 Å². The minimum absolute atomic E-state index is 0.0210. The monoisotopic (exact) mass is 476 g/mol. The van der Waals surface area contributed by atoms with Gasteiger partial charge >= 0.3 is 11.9 Å². The third-order valence-corrected chi connectivity index (χ3v) is 6.54. The van der Waals surface area contributed by atoms with Crippen LogP contribution in [0.3, 0.4) is 0 Å². The molecule has 2 aromatic rings. The van der Waals surface area contributed by atoms with Crippen molar-refractivity contribution in [3.05, 3.63) is 62.8 Å². The molecule has 1 unspecified atom stereocenters. The average molecular weight is 477 g/mol. The number of hydrogen-bond acceptors (Lipinski definition) is 7. The smallest absolute Gasteiger partial charge is 0.348 e. The number of halogens is 1. The van der Waals surface area contributed by atoms with E-state index in [1.54, 1.807) is 30.3 Å². The summed E-state index contributed by atoms with van der Waals surface area (Å²) >= 11 is 7.58. The summed E-state index contributed by atoms with van der Waals surface area (Å²) in [5.74, 6) is -0.163. The van der Waals surface area contributed by atoms with E-state index in [4.69, 9.17) is 25.8 Å². The quantitative estimate of drug-likeness (QED) is 0.448. The van der Waals surface area contributed by atoms with Crippen LogP contribution in [-0.4, -0.2) is 31.4 Å². The SMILES string of the molecule is COC(=O)c1ccc(CCCC2C(=O)C=C[C@@H]2COc2cc(Cl)cc(COC(C)=O)c2)s1. The normalized spacial score (nSPS) is 17.4. The van der Waals surface area contributed by atoms with Gasteiger partial charge in [0.25, 0.3) is 0 Å². The summed E-state index contributed by atoms with van der Waals surface area (Å²) in [6.07, 6.45) is 5.89. The molecule has 0 fully saturated rings. The van der Waals surface area contributed by atoms with Crippen molar-refractivity contribution in [1.82, 2.24) is 0 Å². The highest BCUT2D eigenvalue weighted by molar-refractivity contribution is 7.13. The minimum Gasteiger partial charge on any atom is -0.493 e. The molecule has 0 spiro atoms. The summed E-state index contributed by atoms with van der Waals surface area (Å²) in [5, 5.41) is 0.488. The Hall–Kier alpha value is -2.64. The Morgan fingerprint density at radius 1 is 1.19 bits per heavy atom. The van der Waals surface area contributed by atoms with E-state index < -0.39 is 0 Å². The summed E-state index contributed by atoms with van der Waals surface area (Å²) in [7, 11) is 1.37. The van der Waals surface area contributed by atoms with Gasteiger partial charge in [-0.15, -0.1) is 11.3 Å². The van der Waals surface area contributed by atoms with Gasteiger partial charge in [0.05, 0.1) is 13.7 Å². The molecule has 6 nitrogen and oxygen atoms in total. The van der Waals surface area contributed by atoms with Crippen LogP contribution in [-0.2, 0) is 32.1 Å². The molecule has 170 valence electrons. The van der Waals surface area contributed by atoms with Crippen molar-refractivity contribution < 1.29 is 28.6 Å². The number of methoxy groups -OCH3 is 1. The maximum absolute atomic E-state index is 12.4. The van der Waals surface area contributed by atoms with Crippen LogP contribution in [0, 0.1) is 11.8 Å². The second-order valence-electron chi connectivity index (χ2n) is 7.57. The number of ether oxygens (including phenoxy) is 3. The van der Waals surface area contributed by atoms with Crippen LogP contribution >= 0.6 is 22.9 Å². The third-order valence-electron chi connectivity index (χ3n) is 5.19. The Morgan fingerprint density at radius 2 is 2.00 bits per heavy atom. The summed E-state index contributed by atoms with van der Waals surface area (Å²) in [6.45, 7) is 1.82. The first-order valence-electron chi connectivity index (χ1n) is 10.3. The van der Waals surface area contributed by atoms with Gasteiger partial charge in [0.2, 0.25) is 0 Å². The minimum atomic E-state index is -0.367. The van der Waals surface area contributed by atoms with Gasteiger partial charge in [0.1, 0.15) is 17.2 Å². The second-order valence-corrected chi connectivity index (χ2v) is 9.17. The lowest BCUT2D eigenvalue weighted by Crippen LogP contribution is -2.21. The third kappa shape index (κ3) is 6.68. The lowest BCUT2D eigenvalue weighted by molar-refractivity contribution is -0.142. The maximum Gasteiger partial charge on any atom is 0.348 e. The number of carbonyl (C=O) groups excluding carboxylic acids is 3. The van der Waals surface area contributed by atoms with E-state index in [1.165, 1.54) is 25.4 Å². The van der Waals surface area contributed by atoms with Crippen LogP contribution in [0.5, 0.6) is 5.75 Å². The summed E-state index contributed by atoms with van der Waals surface area (Å²) < 4.78 is 15.7. The fraction of sp³-hybridized carbons (Fsp3) is 0.375. The van der Waals surface area contributed by atoms with Gasteiger partial charge in [0.15, 0.2) is 5.78 Å². The highest BCUT2D eigenvalue weighted by Gasteiger charge is 2.30. The number of thiophene rings is 1. The van der Waals surface area contributed by atoms with Crippen molar-refractivity contribution in [1.29, 1.82) is 0 Å². The fourth-order valence-corrected chi connectivity index (χ4v) is 4.81. The standard InChI is InChI=1S/C24H25ClO6S/c1-15(26)30-13-16-10-18(25)12-19(11-16)31-14-17-6-8-22(27)21(17)5-3-4-20-7-9-23(32-20)24(28)29-2/h6-12,17,21H,3-5,13-14H2,1-2H3/t17-,21?/m1/s1. The van der Waals surface area contributed by atoms with E-state index >= 15 is 0 Å². The maximum atomic E-state index is 12.4. The number of hydrogen-bond donors (Lipinski definition) is 0. The molecule has 8 heteroatoms. The molecule has 0 amide bonds. The number of allylic oxidation sites excluding steroid dienone is 1. The van der Waals surface area contributed by atoms with Gasteiger partial charge in [-0.3, -0.25) is 9.59 Å². The molecule has 1 aromatic heterocycles. The van der Waals surface area contributed by atoms with Gasteiger partial charge in [0, 0.05) is 28.7 Å². The van der Waals surface area contributed by atoms with Crippen molar-refractivity contribution in [2.24, 2.45) is 11.8 Å². The molecular weight excluding hydrogens is 452 g/mol. The van der Waals surface area contributed by atoms with E-state index in [0.29, 0.717) is 22.3 Å². The van der Waals surface area contributed by atoms with E-state index in [1.807, 2.05) is 12.1 Å². The first-order valence-corrected chi connectivity index (χ1v) is 11.5. The highest BCUT2D eigenvalue weighted by atomic mass is 35.5. The van der Waals surface area contributed by atoms with Crippen molar-refractivity contribution >= 4 is 40.7 Å². The Labute approximate surface area is 196 Å². The lowest BCUT2D eigenvalue weighted by atomic mass is 9.90. The molecule has 1 heterocycles. The number of rotatable bonds is 10. The first-order chi connectivity index (χ1) is 15.4. The molecule has 0 bridgehead atoms. The van der Waals surface area contributed by atoms with Crippen molar-refractivity contribution in [2.45, 2.75) is 32.8 Å². The molecule has 2 atom stereocenters. The van der Waals surface area contributed by atoms with E-state index in [0.717, 1.165) is 29.7 Å². The predicted octanol–water partition coefficient (Wildman–Crippen LogP) is 5.02. The molecule has 0 saturated heterocycles. The number of carbonyl (C=O) groups is 3. The largest absolute Gasteiger partial charge is 0.493 e. The Kier molecular flexibility index (Phi) is 8.47.